The quantitative estimate of drug-likeness (QED) is 0.740. The smallest absolute Gasteiger partial charge is 0.240 e. The Balaban J connectivity index is 2.15. The van der Waals surface area contributed by atoms with E-state index < -0.39 is 0 Å². The van der Waals surface area contributed by atoms with Crippen molar-refractivity contribution < 1.29 is 4.52 Å². The van der Waals surface area contributed by atoms with Gasteiger partial charge in [-0.1, -0.05) is 5.16 Å². The fourth-order valence-corrected chi connectivity index (χ4v) is 2.65. The van der Waals surface area contributed by atoms with Gasteiger partial charge in [-0.3, -0.25) is 0 Å². The Morgan fingerprint density at radius 2 is 2.55 bits per heavy atom. The van der Waals surface area contributed by atoms with Crippen LogP contribution >= 0.6 is 34.4 Å². The molecule has 0 radical (unpaired) electrons. The molecule has 0 aromatic carbocycles. The van der Waals surface area contributed by atoms with Crippen molar-refractivity contribution in [2.45, 2.75) is 18.1 Å². The van der Waals surface area contributed by atoms with Gasteiger partial charge in [0.15, 0.2) is 0 Å². The van der Waals surface area contributed by atoms with Crippen molar-refractivity contribution in [3.63, 3.8) is 0 Å². The zero-order chi connectivity index (χ0) is 7.68. The molecule has 1 aromatic heterocycles. The van der Waals surface area contributed by atoms with Gasteiger partial charge in [-0.2, -0.15) is 4.98 Å². The summed E-state index contributed by atoms with van der Waals surface area (Å²) in [5.74, 6) is 2.03. The third kappa shape index (κ3) is 1.69. The molecule has 0 amide bonds. The zero-order valence-electron chi connectivity index (χ0n) is 5.79. The van der Waals surface area contributed by atoms with Crippen LogP contribution in [0.4, 0.5) is 0 Å². The molecule has 11 heavy (non-hydrogen) atoms. The molecule has 1 atom stereocenters. The van der Waals surface area contributed by atoms with Crippen molar-refractivity contribution in [2.24, 2.45) is 0 Å². The van der Waals surface area contributed by atoms with Gasteiger partial charge in [-0.05, 0) is 18.6 Å². The van der Waals surface area contributed by atoms with E-state index in [0.29, 0.717) is 9.08 Å². The molecule has 1 aliphatic heterocycles. The van der Waals surface area contributed by atoms with Crippen LogP contribution in [0.5, 0.6) is 0 Å². The average Bonchev–Trinajstić information content (AvgIpc) is 2.55. The van der Waals surface area contributed by atoms with Crippen molar-refractivity contribution >= 4 is 34.4 Å². The molecule has 1 unspecified atom stereocenters. The van der Waals surface area contributed by atoms with Gasteiger partial charge in [0, 0.05) is 22.6 Å². The summed E-state index contributed by atoms with van der Waals surface area (Å²) in [6.07, 6.45) is 2.46. The second kappa shape index (κ2) is 3.30. The zero-order valence-corrected chi connectivity index (χ0v) is 8.76. The van der Waals surface area contributed by atoms with Crippen LogP contribution in [0.15, 0.2) is 4.52 Å². The van der Waals surface area contributed by atoms with Crippen molar-refractivity contribution in [1.29, 1.82) is 0 Å². The van der Waals surface area contributed by atoms with Crippen LogP contribution in [0.2, 0.25) is 0 Å². The summed E-state index contributed by atoms with van der Waals surface area (Å²) < 4.78 is 5.77. The summed E-state index contributed by atoms with van der Waals surface area (Å²) in [4.78, 5) is 4.18. The third-order valence-electron chi connectivity index (χ3n) is 1.62. The fraction of sp³-hybridized carbons (Fsp3) is 0.667. The Labute approximate surface area is 82.5 Å². The number of rotatable bonds is 1. The van der Waals surface area contributed by atoms with Crippen LogP contribution in [0.1, 0.15) is 24.0 Å². The first-order valence-corrected chi connectivity index (χ1v) is 5.60. The molecule has 1 aromatic rings. The minimum atomic E-state index is 0.464. The second-order valence-electron chi connectivity index (χ2n) is 2.40. The van der Waals surface area contributed by atoms with Crippen LogP contribution in [0.25, 0.3) is 0 Å². The van der Waals surface area contributed by atoms with E-state index in [-0.39, 0.29) is 0 Å². The number of hydrogen-bond acceptors (Lipinski definition) is 4. The highest BCUT2D eigenvalue weighted by atomic mass is 127. The second-order valence-corrected chi connectivity index (χ2v) is 4.68. The van der Waals surface area contributed by atoms with E-state index in [1.165, 1.54) is 18.6 Å². The summed E-state index contributed by atoms with van der Waals surface area (Å²) >= 11 is 3.97. The van der Waals surface area contributed by atoms with Gasteiger partial charge in [0.25, 0.3) is 0 Å². The first kappa shape index (κ1) is 7.85. The Bertz CT molecular complexity index is 246. The Kier molecular flexibility index (Phi) is 2.36. The summed E-state index contributed by atoms with van der Waals surface area (Å²) in [5, 5.41) is 4.21. The largest absolute Gasteiger partial charge is 0.337 e. The van der Waals surface area contributed by atoms with Crippen LogP contribution in [-0.2, 0) is 0 Å². The normalized spacial score (nSPS) is 24.3. The number of aromatic nitrogens is 2. The summed E-state index contributed by atoms with van der Waals surface area (Å²) in [6, 6.07) is 0. The molecule has 2 heterocycles. The first-order chi connectivity index (χ1) is 5.36. The highest BCUT2D eigenvalue weighted by Gasteiger charge is 2.22. The molecular formula is C6H7IN2OS. The molecule has 0 N–H and O–H groups in total. The summed E-state index contributed by atoms with van der Waals surface area (Å²) in [6.45, 7) is 0. The monoisotopic (exact) mass is 282 g/mol. The number of nitrogens with zero attached hydrogens (tertiary/aromatic N) is 2. The predicted molar refractivity (Wildman–Crippen MR) is 51.4 cm³/mol. The maximum Gasteiger partial charge on any atom is 0.240 e. The molecular weight excluding hydrogens is 275 g/mol. The van der Waals surface area contributed by atoms with Crippen molar-refractivity contribution in [3.8, 4) is 0 Å². The molecule has 1 fully saturated rings. The lowest BCUT2D eigenvalue weighted by Crippen LogP contribution is -1.87. The molecule has 1 saturated heterocycles. The van der Waals surface area contributed by atoms with Gasteiger partial charge >= 0.3 is 0 Å². The SMILES string of the molecule is Ic1noc(C2CCCS2)n1. The average molecular weight is 282 g/mol. The standard InChI is InChI=1S/C6H7IN2OS/c7-6-8-5(10-9-6)4-2-1-3-11-4/h4H,1-3H2. The maximum absolute atomic E-state index is 5.06. The van der Waals surface area contributed by atoms with Gasteiger partial charge in [0.05, 0.1) is 5.25 Å². The number of thioether (sulfide) groups is 1. The van der Waals surface area contributed by atoms with Crippen LogP contribution in [0.3, 0.4) is 0 Å². The van der Waals surface area contributed by atoms with E-state index in [2.05, 4.69) is 32.7 Å². The maximum atomic E-state index is 5.06. The molecule has 60 valence electrons. The van der Waals surface area contributed by atoms with E-state index in [1.807, 2.05) is 11.8 Å². The molecule has 1 aliphatic rings. The Morgan fingerprint density at radius 3 is 3.09 bits per heavy atom. The molecule has 5 heteroatoms. The molecule has 2 rings (SSSR count). The Hall–Kier alpha value is 0.220. The van der Waals surface area contributed by atoms with E-state index in [1.54, 1.807) is 0 Å². The van der Waals surface area contributed by atoms with Gasteiger partial charge in [0.2, 0.25) is 9.72 Å². The molecule has 0 aliphatic carbocycles. The highest BCUT2D eigenvalue weighted by Crippen LogP contribution is 2.38. The number of hydrogen-bond donors (Lipinski definition) is 0. The van der Waals surface area contributed by atoms with Crippen LogP contribution < -0.4 is 0 Å². The summed E-state index contributed by atoms with van der Waals surface area (Å²) in [5.41, 5.74) is 0. The highest BCUT2D eigenvalue weighted by molar-refractivity contribution is 14.1. The predicted octanol–water partition coefficient (Wildman–Crippen LogP) is 2.24. The van der Waals surface area contributed by atoms with Crippen molar-refractivity contribution in [1.82, 2.24) is 10.1 Å². The van der Waals surface area contributed by atoms with Crippen LogP contribution in [0, 0.1) is 3.83 Å². The third-order valence-corrected chi connectivity index (χ3v) is 3.42. The Morgan fingerprint density at radius 1 is 1.64 bits per heavy atom. The first-order valence-electron chi connectivity index (χ1n) is 3.47. The van der Waals surface area contributed by atoms with Crippen molar-refractivity contribution in [3.05, 3.63) is 9.72 Å². The molecule has 3 nitrogen and oxygen atoms in total. The van der Waals surface area contributed by atoms with Crippen LogP contribution in [-0.4, -0.2) is 15.9 Å². The van der Waals surface area contributed by atoms with Crippen molar-refractivity contribution in [2.75, 3.05) is 5.75 Å². The van der Waals surface area contributed by atoms with Gasteiger partial charge in [-0.15, -0.1) is 11.8 Å². The minimum absolute atomic E-state index is 0.464. The molecule has 0 spiro atoms. The lowest BCUT2D eigenvalue weighted by Gasteiger charge is -1.98. The van der Waals surface area contributed by atoms with E-state index in [0.717, 1.165) is 5.89 Å². The lowest BCUT2D eigenvalue weighted by molar-refractivity contribution is 0.371. The summed E-state index contributed by atoms with van der Waals surface area (Å²) in [7, 11) is 0. The topological polar surface area (TPSA) is 38.9 Å². The fourth-order valence-electron chi connectivity index (χ4n) is 1.12. The van der Waals surface area contributed by atoms with Gasteiger partial charge in [-0.25, -0.2) is 0 Å². The molecule has 0 bridgehead atoms. The number of halogens is 1. The van der Waals surface area contributed by atoms with Gasteiger partial charge in [0.1, 0.15) is 0 Å². The van der Waals surface area contributed by atoms with E-state index in [9.17, 15) is 0 Å². The molecule has 0 saturated carbocycles. The van der Waals surface area contributed by atoms with Gasteiger partial charge < -0.3 is 4.52 Å². The lowest BCUT2D eigenvalue weighted by atomic mass is 10.2. The minimum Gasteiger partial charge on any atom is -0.337 e. The van der Waals surface area contributed by atoms with E-state index in [4.69, 9.17) is 4.52 Å². The van der Waals surface area contributed by atoms with E-state index >= 15 is 0 Å².